The van der Waals surface area contributed by atoms with E-state index in [0.717, 1.165) is 44.9 Å². The van der Waals surface area contributed by atoms with Crippen molar-refractivity contribution in [3.05, 3.63) is 0 Å². The zero-order chi connectivity index (χ0) is 23.0. The zero-order valence-corrected chi connectivity index (χ0v) is 20.7. The van der Waals surface area contributed by atoms with Gasteiger partial charge in [0.25, 0.3) is 5.92 Å². The molecule has 0 bridgehead atoms. The highest BCUT2D eigenvalue weighted by Crippen LogP contribution is 2.71. The lowest BCUT2D eigenvalue weighted by atomic mass is 9.43. The van der Waals surface area contributed by atoms with Crippen LogP contribution in [0, 0.1) is 46.3 Å². The van der Waals surface area contributed by atoms with Crippen molar-refractivity contribution in [3.63, 3.8) is 0 Å². The summed E-state index contributed by atoms with van der Waals surface area (Å²) >= 11 is 0. The minimum absolute atomic E-state index is 0.0268. The van der Waals surface area contributed by atoms with Crippen LogP contribution in [0.25, 0.3) is 0 Å². The van der Waals surface area contributed by atoms with E-state index in [9.17, 15) is 10.2 Å². The third-order valence-electron chi connectivity index (χ3n) is 10.9. The van der Waals surface area contributed by atoms with Crippen molar-refractivity contribution in [2.45, 2.75) is 123 Å². The molecule has 4 aliphatic carbocycles. The standard InChI is InChI=1S/C27H46F2O2/c1-17(9-11-23(2,3)30)19-7-8-20-18-15-27(28,29)22-16-24(4,31)13-14-26(22,6)21(18)10-12-25(19,20)5/h17-22,30-31H,7-16H2,1-6H3/t17-,18+,19-,20+,21+,22+,24+,25-,26-/m1/s1. The second-order valence-corrected chi connectivity index (χ2v) is 13.7. The number of rotatable bonds is 4. The maximum atomic E-state index is 15.7. The molecule has 0 heterocycles. The van der Waals surface area contributed by atoms with Crippen molar-refractivity contribution < 1.29 is 19.0 Å². The molecule has 4 heteroatoms. The van der Waals surface area contributed by atoms with E-state index >= 15 is 8.78 Å². The number of halogens is 2. The first-order valence-electron chi connectivity index (χ1n) is 12.9. The maximum Gasteiger partial charge on any atom is 0.251 e. The van der Waals surface area contributed by atoms with Crippen LogP contribution in [0.3, 0.4) is 0 Å². The van der Waals surface area contributed by atoms with E-state index in [1.165, 1.54) is 0 Å². The van der Waals surface area contributed by atoms with Crippen LogP contribution in [0.4, 0.5) is 8.78 Å². The summed E-state index contributed by atoms with van der Waals surface area (Å²) in [6.45, 7) is 12.4. The Kier molecular flexibility index (Phi) is 5.70. The summed E-state index contributed by atoms with van der Waals surface area (Å²) in [4.78, 5) is 0. The van der Waals surface area contributed by atoms with Gasteiger partial charge in [-0.15, -0.1) is 0 Å². The van der Waals surface area contributed by atoms with Crippen molar-refractivity contribution >= 4 is 0 Å². The normalized spacial score (nSPS) is 50.3. The molecule has 31 heavy (non-hydrogen) atoms. The predicted molar refractivity (Wildman–Crippen MR) is 121 cm³/mol. The molecule has 0 aromatic carbocycles. The van der Waals surface area contributed by atoms with E-state index in [1.807, 2.05) is 13.8 Å². The van der Waals surface area contributed by atoms with Crippen LogP contribution in [0.15, 0.2) is 0 Å². The number of alkyl halides is 2. The van der Waals surface area contributed by atoms with Crippen LogP contribution in [0.2, 0.25) is 0 Å². The highest BCUT2D eigenvalue weighted by molar-refractivity contribution is 5.14. The summed E-state index contributed by atoms with van der Waals surface area (Å²) in [6, 6.07) is 0. The van der Waals surface area contributed by atoms with Crippen LogP contribution in [0.1, 0.15) is 106 Å². The van der Waals surface area contributed by atoms with Gasteiger partial charge in [0.1, 0.15) is 0 Å². The third kappa shape index (κ3) is 4.00. The predicted octanol–water partition coefficient (Wildman–Crippen LogP) is 6.83. The third-order valence-corrected chi connectivity index (χ3v) is 10.9. The molecule has 0 amide bonds. The van der Waals surface area contributed by atoms with Gasteiger partial charge in [-0.2, -0.15) is 0 Å². The summed E-state index contributed by atoms with van der Waals surface area (Å²) in [5.74, 6) is -1.38. The van der Waals surface area contributed by atoms with Crippen molar-refractivity contribution in [1.82, 2.24) is 0 Å². The molecule has 4 saturated carbocycles. The second kappa shape index (κ2) is 7.39. The number of aliphatic hydroxyl groups is 2. The van der Waals surface area contributed by atoms with Gasteiger partial charge in [-0.1, -0.05) is 20.8 Å². The summed E-state index contributed by atoms with van der Waals surface area (Å²) in [6.07, 6.45) is 7.93. The Morgan fingerprint density at radius 1 is 0.935 bits per heavy atom. The number of hydrogen-bond acceptors (Lipinski definition) is 2. The first-order chi connectivity index (χ1) is 14.1. The number of fused-ring (bicyclic) bond motifs is 5. The molecule has 4 aliphatic rings. The highest BCUT2D eigenvalue weighted by Gasteiger charge is 2.67. The Morgan fingerprint density at radius 2 is 1.58 bits per heavy atom. The fourth-order valence-electron chi connectivity index (χ4n) is 9.17. The minimum atomic E-state index is -2.68. The molecule has 9 atom stereocenters. The Hall–Kier alpha value is -0.220. The van der Waals surface area contributed by atoms with Crippen LogP contribution in [-0.4, -0.2) is 27.3 Å². The van der Waals surface area contributed by atoms with Crippen LogP contribution < -0.4 is 0 Å². The van der Waals surface area contributed by atoms with Crippen molar-refractivity contribution in [2.24, 2.45) is 46.3 Å². The molecule has 0 unspecified atom stereocenters. The van der Waals surface area contributed by atoms with Gasteiger partial charge >= 0.3 is 0 Å². The second-order valence-electron chi connectivity index (χ2n) is 13.7. The molecule has 180 valence electrons. The minimum Gasteiger partial charge on any atom is -0.390 e. The van der Waals surface area contributed by atoms with Crippen LogP contribution >= 0.6 is 0 Å². The fraction of sp³-hybridized carbons (Fsp3) is 1.00. The summed E-state index contributed by atoms with van der Waals surface area (Å²) in [5, 5.41) is 20.8. The molecule has 2 N–H and O–H groups in total. The molecule has 0 spiro atoms. The molecule has 0 saturated heterocycles. The van der Waals surface area contributed by atoms with Crippen LogP contribution in [0.5, 0.6) is 0 Å². The van der Waals surface area contributed by atoms with Gasteiger partial charge in [0, 0.05) is 12.3 Å². The van der Waals surface area contributed by atoms with E-state index in [-0.39, 0.29) is 29.6 Å². The average Bonchev–Trinajstić information content (AvgIpc) is 2.98. The van der Waals surface area contributed by atoms with Gasteiger partial charge in [-0.05, 0) is 119 Å². The molecule has 2 nitrogen and oxygen atoms in total. The first-order valence-corrected chi connectivity index (χ1v) is 12.9. The van der Waals surface area contributed by atoms with Crippen LogP contribution in [-0.2, 0) is 0 Å². The highest BCUT2D eigenvalue weighted by atomic mass is 19.3. The summed E-state index contributed by atoms with van der Waals surface area (Å²) in [7, 11) is 0. The Bertz CT molecular complexity index is 683. The van der Waals surface area contributed by atoms with Crippen molar-refractivity contribution in [3.8, 4) is 0 Å². The van der Waals surface area contributed by atoms with E-state index in [4.69, 9.17) is 0 Å². The summed E-state index contributed by atoms with van der Waals surface area (Å²) < 4.78 is 31.3. The summed E-state index contributed by atoms with van der Waals surface area (Å²) in [5.41, 5.74) is -1.78. The van der Waals surface area contributed by atoms with Gasteiger partial charge in [-0.3, -0.25) is 0 Å². The molecule has 0 aromatic heterocycles. The first kappa shape index (κ1) is 23.9. The van der Waals surface area contributed by atoms with Crippen molar-refractivity contribution in [2.75, 3.05) is 0 Å². The van der Waals surface area contributed by atoms with E-state index in [0.29, 0.717) is 30.1 Å². The molecule has 0 radical (unpaired) electrons. The maximum absolute atomic E-state index is 15.7. The smallest absolute Gasteiger partial charge is 0.251 e. The van der Waals surface area contributed by atoms with E-state index < -0.39 is 23.0 Å². The molecule has 4 fully saturated rings. The molecule has 0 aliphatic heterocycles. The molecule has 4 rings (SSSR count). The van der Waals surface area contributed by atoms with Gasteiger partial charge in [0.15, 0.2) is 0 Å². The average molecular weight is 441 g/mol. The SMILES string of the molecule is C[C@H](CCC(C)(C)O)[C@H]1CC[C@H]2[C@@H]3CC(F)(F)[C@H]4C[C@@](C)(O)CC[C@]4(C)[C@H]3CC[C@]12C. The lowest BCUT2D eigenvalue weighted by molar-refractivity contribution is -0.245. The lowest BCUT2D eigenvalue weighted by Gasteiger charge is -2.63. The largest absolute Gasteiger partial charge is 0.390 e. The lowest BCUT2D eigenvalue weighted by Crippen LogP contribution is -2.61. The van der Waals surface area contributed by atoms with Crippen molar-refractivity contribution in [1.29, 1.82) is 0 Å². The quantitative estimate of drug-likeness (QED) is 0.503. The van der Waals surface area contributed by atoms with Gasteiger partial charge in [-0.25, -0.2) is 8.78 Å². The van der Waals surface area contributed by atoms with Gasteiger partial charge in [0.05, 0.1) is 11.2 Å². The van der Waals surface area contributed by atoms with E-state index in [2.05, 4.69) is 20.8 Å². The molecular weight excluding hydrogens is 394 g/mol. The van der Waals surface area contributed by atoms with Gasteiger partial charge < -0.3 is 10.2 Å². The zero-order valence-electron chi connectivity index (χ0n) is 20.7. The Morgan fingerprint density at radius 3 is 2.23 bits per heavy atom. The Labute approximate surface area is 188 Å². The Balaban J connectivity index is 1.57. The fourth-order valence-corrected chi connectivity index (χ4v) is 9.17. The topological polar surface area (TPSA) is 40.5 Å². The van der Waals surface area contributed by atoms with E-state index in [1.54, 1.807) is 6.92 Å². The number of hydrogen-bond donors (Lipinski definition) is 2. The monoisotopic (exact) mass is 440 g/mol. The van der Waals surface area contributed by atoms with Gasteiger partial charge in [0.2, 0.25) is 0 Å². The molecular formula is C27H46F2O2. The molecule has 0 aromatic rings.